The van der Waals surface area contributed by atoms with E-state index in [1.807, 2.05) is 11.3 Å². The van der Waals surface area contributed by atoms with Crippen molar-refractivity contribution in [3.63, 3.8) is 0 Å². The van der Waals surface area contributed by atoms with E-state index in [4.69, 9.17) is 0 Å². The Morgan fingerprint density at radius 3 is 2.50 bits per heavy atom. The van der Waals surface area contributed by atoms with E-state index >= 15 is 0 Å². The Morgan fingerprint density at radius 2 is 1.88 bits per heavy atom. The van der Waals surface area contributed by atoms with Crippen molar-refractivity contribution >= 4 is 21.4 Å². The van der Waals surface area contributed by atoms with Crippen LogP contribution in [0.5, 0.6) is 0 Å². The summed E-state index contributed by atoms with van der Waals surface area (Å²) >= 11 is 1.81. The Morgan fingerprint density at radius 1 is 1.17 bits per heavy atom. The number of likely N-dealkylation sites (tertiary alicyclic amines) is 1. The summed E-state index contributed by atoms with van der Waals surface area (Å²) in [5.41, 5.74) is 0. The molecule has 0 unspecified atom stereocenters. The largest absolute Gasteiger partial charge is 0.302 e. The molecule has 0 saturated carbocycles. The maximum Gasteiger partial charge on any atom is 0.240 e. The highest BCUT2D eigenvalue weighted by atomic mass is 32.2. The number of hydrogen-bond donors (Lipinski definition) is 1. The van der Waals surface area contributed by atoms with Gasteiger partial charge in [-0.25, -0.2) is 17.5 Å². The van der Waals surface area contributed by atoms with Crippen LogP contribution in [-0.4, -0.2) is 39.5 Å². The minimum Gasteiger partial charge on any atom is -0.302 e. The van der Waals surface area contributed by atoms with Crippen molar-refractivity contribution in [2.75, 3.05) is 26.2 Å². The van der Waals surface area contributed by atoms with Crippen LogP contribution in [0.2, 0.25) is 0 Å². The third-order valence-electron chi connectivity index (χ3n) is 4.38. The highest BCUT2D eigenvalue weighted by Gasteiger charge is 2.21. The average Bonchev–Trinajstić information content (AvgIpc) is 3.10. The number of benzene rings is 1. The molecular weight excluding hydrogens is 347 g/mol. The first-order valence-corrected chi connectivity index (χ1v) is 10.4. The minimum atomic E-state index is -3.57. The Bertz CT molecular complexity index is 737. The molecule has 1 aromatic heterocycles. The zero-order valence-corrected chi connectivity index (χ0v) is 15.0. The Hall–Kier alpha value is -1.28. The van der Waals surface area contributed by atoms with Gasteiger partial charge in [0, 0.05) is 18.0 Å². The van der Waals surface area contributed by atoms with Crippen molar-refractivity contribution < 1.29 is 12.8 Å². The number of sulfonamides is 1. The maximum absolute atomic E-state index is 12.9. The fraction of sp³-hybridized carbons (Fsp3) is 0.412. The highest BCUT2D eigenvalue weighted by Crippen LogP contribution is 2.30. The lowest BCUT2D eigenvalue weighted by Crippen LogP contribution is -2.39. The zero-order valence-electron chi connectivity index (χ0n) is 13.3. The number of hydrogen-bond acceptors (Lipinski definition) is 4. The van der Waals surface area contributed by atoms with Crippen LogP contribution in [0.15, 0.2) is 46.7 Å². The van der Waals surface area contributed by atoms with Crippen LogP contribution in [0.1, 0.15) is 23.6 Å². The van der Waals surface area contributed by atoms with Gasteiger partial charge in [-0.2, -0.15) is 0 Å². The summed E-state index contributed by atoms with van der Waals surface area (Å²) in [7, 11) is -3.57. The number of halogens is 1. The van der Waals surface area contributed by atoms with Crippen molar-refractivity contribution in [1.29, 1.82) is 0 Å². The molecule has 0 atom stereocenters. The van der Waals surface area contributed by atoms with Crippen LogP contribution >= 0.6 is 11.3 Å². The second kappa shape index (κ2) is 7.74. The molecule has 2 heterocycles. The summed E-state index contributed by atoms with van der Waals surface area (Å²) in [4.78, 5) is 3.84. The zero-order chi connectivity index (χ0) is 17.0. The lowest BCUT2D eigenvalue weighted by Gasteiger charge is -2.31. The van der Waals surface area contributed by atoms with E-state index in [1.54, 1.807) is 0 Å². The number of nitrogens with zero attached hydrogens (tertiary/aromatic N) is 1. The van der Waals surface area contributed by atoms with Gasteiger partial charge < -0.3 is 4.90 Å². The summed E-state index contributed by atoms with van der Waals surface area (Å²) in [5.74, 6) is 0.194. The molecule has 1 aliphatic heterocycles. The normalized spacial score (nSPS) is 17.2. The lowest BCUT2D eigenvalue weighted by molar-refractivity contribution is 0.217. The fourth-order valence-corrected chi connectivity index (χ4v) is 4.92. The quantitative estimate of drug-likeness (QED) is 0.853. The molecule has 2 aromatic rings. The van der Waals surface area contributed by atoms with Crippen molar-refractivity contribution in [3.8, 4) is 0 Å². The molecule has 1 N–H and O–H groups in total. The van der Waals surface area contributed by atoms with Crippen LogP contribution in [-0.2, 0) is 10.0 Å². The summed E-state index contributed by atoms with van der Waals surface area (Å²) in [5, 5.41) is 2.12. The molecule has 0 spiro atoms. The van der Waals surface area contributed by atoms with Crippen LogP contribution < -0.4 is 4.72 Å². The summed E-state index contributed by atoms with van der Waals surface area (Å²) in [6.07, 6.45) is 2.23. The van der Waals surface area contributed by atoms with Crippen LogP contribution in [0, 0.1) is 5.82 Å². The molecule has 1 fully saturated rings. The molecular formula is C17H21FN2O2S2. The molecule has 3 rings (SSSR count). The van der Waals surface area contributed by atoms with Gasteiger partial charge in [0.15, 0.2) is 0 Å². The van der Waals surface area contributed by atoms with Gasteiger partial charge in [-0.3, -0.25) is 0 Å². The molecule has 7 heteroatoms. The third-order valence-corrected chi connectivity index (χ3v) is 6.89. The van der Waals surface area contributed by atoms with Gasteiger partial charge >= 0.3 is 0 Å². The maximum atomic E-state index is 12.9. The van der Waals surface area contributed by atoms with Crippen molar-refractivity contribution in [1.82, 2.24) is 9.62 Å². The molecule has 24 heavy (non-hydrogen) atoms. The van der Waals surface area contributed by atoms with E-state index in [-0.39, 0.29) is 4.90 Å². The van der Waals surface area contributed by atoms with Crippen molar-refractivity contribution in [3.05, 3.63) is 52.5 Å². The van der Waals surface area contributed by atoms with Gasteiger partial charge in [0.1, 0.15) is 5.82 Å². The highest BCUT2D eigenvalue weighted by molar-refractivity contribution is 7.89. The molecule has 0 bridgehead atoms. The first-order chi connectivity index (χ1) is 11.5. The number of nitrogens with one attached hydrogen (secondary N) is 1. The van der Waals surface area contributed by atoms with Crippen LogP contribution in [0.25, 0.3) is 0 Å². The molecule has 1 aromatic carbocycles. The van der Waals surface area contributed by atoms with E-state index in [1.165, 1.54) is 17.0 Å². The molecule has 1 aliphatic rings. The molecule has 4 nitrogen and oxygen atoms in total. The second-order valence-corrected chi connectivity index (χ2v) is 8.73. The topological polar surface area (TPSA) is 49.4 Å². The monoisotopic (exact) mass is 368 g/mol. The molecule has 0 amide bonds. The molecule has 1 saturated heterocycles. The lowest BCUT2D eigenvalue weighted by atomic mass is 9.95. The minimum absolute atomic E-state index is 0.0975. The van der Waals surface area contributed by atoms with Gasteiger partial charge in [-0.15, -0.1) is 11.3 Å². The summed E-state index contributed by atoms with van der Waals surface area (Å²) < 4.78 is 39.8. The van der Waals surface area contributed by atoms with Gasteiger partial charge in [-0.05, 0) is 67.6 Å². The van der Waals surface area contributed by atoms with E-state index in [0.717, 1.165) is 38.1 Å². The van der Waals surface area contributed by atoms with E-state index < -0.39 is 15.8 Å². The van der Waals surface area contributed by atoms with Gasteiger partial charge in [-0.1, -0.05) is 6.07 Å². The van der Waals surface area contributed by atoms with Crippen LogP contribution in [0.4, 0.5) is 4.39 Å². The number of rotatable bonds is 6. The first-order valence-electron chi connectivity index (χ1n) is 8.05. The first kappa shape index (κ1) is 17.5. The summed E-state index contributed by atoms with van der Waals surface area (Å²) in [6.45, 7) is 3.03. The predicted octanol–water partition coefficient (Wildman–Crippen LogP) is 3.05. The fourth-order valence-electron chi connectivity index (χ4n) is 3.00. The van der Waals surface area contributed by atoms with E-state index in [9.17, 15) is 12.8 Å². The van der Waals surface area contributed by atoms with Gasteiger partial charge in [0.05, 0.1) is 4.90 Å². The SMILES string of the molecule is O=S(=O)(NCCN1CCC(c2cccs2)CC1)c1ccc(F)cc1. The van der Waals surface area contributed by atoms with Gasteiger partial charge in [0.25, 0.3) is 0 Å². The van der Waals surface area contributed by atoms with E-state index in [0.29, 0.717) is 19.0 Å². The van der Waals surface area contributed by atoms with Crippen LogP contribution in [0.3, 0.4) is 0 Å². The average molecular weight is 368 g/mol. The molecule has 0 aliphatic carbocycles. The predicted molar refractivity (Wildman–Crippen MR) is 94.3 cm³/mol. The van der Waals surface area contributed by atoms with Crippen molar-refractivity contribution in [2.24, 2.45) is 0 Å². The van der Waals surface area contributed by atoms with Crippen molar-refractivity contribution in [2.45, 2.75) is 23.7 Å². The number of thiophene rings is 1. The molecule has 0 radical (unpaired) electrons. The van der Waals surface area contributed by atoms with Gasteiger partial charge in [0.2, 0.25) is 10.0 Å². The standard InChI is InChI=1S/C17H21FN2O2S2/c18-15-3-5-16(6-4-15)24(21,22)19-9-12-20-10-7-14(8-11-20)17-2-1-13-23-17/h1-6,13-14,19H,7-12H2. The Balaban J connectivity index is 1.44. The third kappa shape index (κ3) is 4.42. The Labute approximate surface area is 146 Å². The smallest absolute Gasteiger partial charge is 0.240 e. The summed E-state index contributed by atoms with van der Waals surface area (Å²) in [6, 6.07) is 9.17. The Kier molecular flexibility index (Phi) is 5.65. The molecule has 130 valence electrons. The van der Waals surface area contributed by atoms with E-state index in [2.05, 4.69) is 27.1 Å². The number of piperidine rings is 1. The second-order valence-electron chi connectivity index (χ2n) is 5.98.